The molecule has 0 aromatic carbocycles. The van der Waals surface area contributed by atoms with Gasteiger partial charge in [0.1, 0.15) is 5.60 Å². The van der Waals surface area contributed by atoms with Gasteiger partial charge in [0.05, 0.1) is 6.10 Å². The van der Waals surface area contributed by atoms with Crippen molar-refractivity contribution in [2.75, 3.05) is 13.2 Å². The molecule has 0 spiro atoms. The molecule has 5 heteroatoms. The van der Waals surface area contributed by atoms with Crippen molar-refractivity contribution >= 4 is 6.09 Å². The zero-order valence-corrected chi connectivity index (χ0v) is 12.8. The Bertz CT molecular complexity index is 283. The highest BCUT2D eigenvalue weighted by atomic mass is 16.6. The highest BCUT2D eigenvalue weighted by molar-refractivity contribution is 5.68. The maximum Gasteiger partial charge on any atom is 0.407 e. The first-order chi connectivity index (χ1) is 8.80. The van der Waals surface area contributed by atoms with Crippen LogP contribution in [-0.2, 0) is 9.47 Å². The molecule has 0 aliphatic heterocycles. The number of amides is 1. The van der Waals surface area contributed by atoms with Crippen molar-refractivity contribution in [3.8, 4) is 0 Å². The van der Waals surface area contributed by atoms with Crippen LogP contribution in [0.5, 0.6) is 0 Å². The first-order valence-corrected chi connectivity index (χ1v) is 7.14. The molecular formula is C14H28N2O3. The van der Waals surface area contributed by atoms with E-state index >= 15 is 0 Å². The van der Waals surface area contributed by atoms with E-state index < -0.39 is 5.60 Å². The Hall–Kier alpha value is -0.810. The minimum Gasteiger partial charge on any atom is -0.444 e. The fourth-order valence-corrected chi connectivity index (χ4v) is 2.05. The van der Waals surface area contributed by atoms with Crippen LogP contribution in [0.25, 0.3) is 0 Å². The number of alkyl carbamates (subject to hydrolysis) is 1. The highest BCUT2D eigenvalue weighted by Crippen LogP contribution is 2.20. The first-order valence-electron chi connectivity index (χ1n) is 7.14. The second-order valence-electron chi connectivity index (χ2n) is 6.19. The topological polar surface area (TPSA) is 59.6 Å². The lowest BCUT2D eigenvalue weighted by Crippen LogP contribution is -2.54. The van der Waals surface area contributed by atoms with Crippen molar-refractivity contribution in [1.29, 1.82) is 0 Å². The molecule has 0 saturated heterocycles. The molecule has 1 rings (SSSR count). The quantitative estimate of drug-likeness (QED) is 0.777. The van der Waals surface area contributed by atoms with Gasteiger partial charge in [0.25, 0.3) is 0 Å². The third-order valence-electron chi connectivity index (χ3n) is 3.00. The van der Waals surface area contributed by atoms with Gasteiger partial charge in [0.2, 0.25) is 0 Å². The van der Waals surface area contributed by atoms with Crippen molar-refractivity contribution in [1.82, 2.24) is 10.6 Å². The van der Waals surface area contributed by atoms with Crippen LogP contribution < -0.4 is 10.6 Å². The maximum atomic E-state index is 11.5. The summed E-state index contributed by atoms with van der Waals surface area (Å²) in [5, 5.41) is 6.32. The van der Waals surface area contributed by atoms with Gasteiger partial charge < -0.3 is 20.1 Å². The Morgan fingerprint density at radius 2 is 1.95 bits per heavy atom. The van der Waals surface area contributed by atoms with Gasteiger partial charge in [-0.05, 0) is 47.5 Å². The molecule has 1 unspecified atom stereocenters. The third-order valence-corrected chi connectivity index (χ3v) is 3.00. The molecule has 19 heavy (non-hydrogen) atoms. The van der Waals surface area contributed by atoms with E-state index in [1.807, 2.05) is 27.7 Å². The van der Waals surface area contributed by atoms with Crippen molar-refractivity contribution in [2.45, 2.75) is 71.2 Å². The lowest BCUT2D eigenvalue weighted by molar-refractivity contribution is 0.0447. The van der Waals surface area contributed by atoms with Crippen molar-refractivity contribution < 1.29 is 14.3 Å². The Balaban J connectivity index is 2.08. The average molecular weight is 272 g/mol. The molecule has 1 aliphatic rings. The van der Waals surface area contributed by atoms with Gasteiger partial charge in [0.15, 0.2) is 0 Å². The molecular weight excluding hydrogens is 244 g/mol. The zero-order valence-electron chi connectivity index (χ0n) is 12.8. The van der Waals surface area contributed by atoms with Crippen LogP contribution in [0.15, 0.2) is 0 Å². The van der Waals surface area contributed by atoms with Crippen LogP contribution in [0, 0.1) is 0 Å². The predicted octanol–water partition coefficient (Wildman–Crippen LogP) is 2.06. The zero-order chi connectivity index (χ0) is 14.5. The summed E-state index contributed by atoms with van der Waals surface area (Å²) in [4.78, 5) is 11.5. The number of rotatable bonds is 6. The number of carbonyl (C=O) groups is 1. The summed E-state index contributed by atoms with van der Waals surface area (Å²) < 4.78 is 10.7. The van der Waals surface area contributed by atoms with E-state index in [1.165, 1.54) is 0 Å². The van der Waals surface area contributed by atoms with E-state index in [9.17, 15) is 4.79 Å². The molecule has 1 aliphatic carbocycles. The molecule has 0 aromatic rings. The second kappa shape index (κ2) is 7.10. The summed E-state index contributed by atoms with van der Waals surface area (Å²) in [7, 11) is 0. The van der Waals surface area contributed by atoms with Gasteiger partial charge in [-0.3, -0.25) is 0 Å². The predicted molar refractivity (Wildman–Crippen MR) is 75.3 cm³/mol. The molecule has 112 valence electrons. The summed E-state index contributed by atoms with van der Waals surface area (Å²) in [6, 6.07) is 0.706. The fraction of sp³-hybridized carbons (Fsp3) is 0.929. The van der Waals surface area contributed by atoms with E-state index in [2.05, 4.69) is 17.6 Å². The van der Waals surface area contributed by atoms with Gasteiger partial charge >= 0.3 is 6.09 Å². The van der Waals surface area contributed by atoms with E-state index in [1.54, 1.807) is 0 Å². The van der Waals surface area contributed by atoms with E-state index in [-0.39, 0.29) is 18.2 Å². The molecule has 1 saturated carbocycles. The molecule has 0 radical (unpaired) electrons. The Morgan fingerprint density at radius 1 is 1.32 bits per heavy atom. The number of nitrogens with one attached hydrogen (secondary N) is 2. The number of carbonyl (C=O) groups excluding carboxylic acids is 1. The Kier molecular flexibility index (Phi) is 6.07. The molecule has 0 bridgehead atoms. The van der Waals surface area contributed by atoms with Crippen LogP contribution in [0.1, 0.15) is 47.5 Å². The molecule has 0 aromatic heterocycles. The summed E-state index contributed by atoms with van der Waals surface area (Å²) in [6.45, 7) is 11.3. The van der Waals surface area contributed by atoms with Crippen LogP contribution >= 0.6 is 0 Å². The van der Waals surface area contributed by atoms with Gasteiger partial charge in [-0.1, -0.05) is 0 Å². The van der Waals surface area contributed by atoms with Crippen LogP contribution in [0.2, 0.25) is 0 Å². The van der Waals surface area contributed by atoms with Crippen LogP contribution in [0.4, 0.5) is 4.79 Å². The second-order valence-corrected chi connectivity index (χ2v) is 6.19. The summed E-state index contributed by atoms with van der Waals surface area (Å²) in [6.07, 6.45) is 1.83. The minimum absolute atomic E-state index is 0.231. The van der Waals surface area contributed by atoms with Crippen LogP contribution in [-0.4, -0.2) is 43.0 Å². The smallest absolute Gasteiger partial charge is 0.407 e. The van der Waals surface area contributed by atoms with Gasteiger partial charge in [-0.2, -0.15) is 0 Å². The molecule has 1 fully saturated rings. The van der Waals surface area contributed by atoms with Gasteiger partial charge in [-0.25, -0.2) is 4.79 Å². The Morgan fingerprint density at radius 3 is 2.47 bits per heavy atom. The van der Waals surface area contributed by atoms with Gasteiger partial charge in [-0.15, -0.1) is 0 Å². The van der Waals surface area contributed by atoms with E-state index in [0.717, 1.165) is 26.0 Å². The molecule has 0 heterocycles. The third kappa shape index (κ3) is 6.78. The fourth-order valence-electron chi connectivity index (χ4n) is 2.05. The van der Waals surface area contributed by atoms with Crippen molar-refractivity contribution in [3.05, 3.63) is 0 Å². The maximum absolute atomic E-state index is 11.5. The standard InChI is InChI=1S/C14H28N2O3/c1-6-18-10(2)9-15-11-7-12(8-11)16-13(17)19-14(3,4)5/h10-12,15H,6-9H2,1-5H3,(H,16,17). The first kappa shape index (κ1) is 16.2. The highest BCUT2D eigenvalue weighted by Gasteiger charge is 2.31. The van der Waals surface area contributed by atoms with E-state index in [4.69, 9.17) is 9.47 Å². The number of hydrogen-bond acceptors (Lipinski definition) is 4. The molecule has 1 atom stereocenters. The molecule has 2 N–H and O–H groups in total. The van der Waals surface area contributed by atoms with E-state index in [0.29, 0.717) is 6.04 Å². The summed E-state index contributed by atoms with van der Waals surface area (Å²) in [5.74, 6) is 0. The SMILES string of the molecule is CCOC(C)CNC1CC(NC(=O)OC(C)(C)C)C1. The monoisotopic (exact) mass is 272 g/mol. The minimum atomic E-state index is -0.432. The molecule has 1 amide bonds. The summed E-state index contributed by atoms with van der Waals surface area (Å²) in [5.41, 5.74) is -0.432. The largest absolute Gasteiger partial charge is 0.444 e. The molecule has 5 nitrogen and oxygen atoms in total. The van der Waals surface area contributed by atoms with Crippen molar-refractivity contribution in [2.24, 2.45) is 0 Å². The number of ether oxygens (including phenoxy) is 2. The Labute approximate surface area is 116 Å². The average Bonchev–Trinajstić information content (AvgIpc) is 2.18. The number of hydrogen-bond donors (Lipinski definition) is 2. The normalized spacial score (nSPS) is 24.5. The lowest BCUT2D eigenvalue weighted by Gasteiger charge is -2.37. The lowest BCUT2D eigenvalue weighted by atomic mass is 9.87. The van der Waals surface area contributed by atoms with Crippen molar-refractivity contribution in [3.63, 3.8) is 0 Å². The summed E-state index contributed by atoms with van der Waals surface area (Å²) >= 11 is 0. The van der Waals surface area contributed by atoms with Gasteiger partial charge in [0, 0.05) is 25.2 Å². The van der Waals surface area contributed by atoms with Crippen LogP contribution in [0.3, 0.4) is 0 Å².